The molecule has 0 saturated heterocycles. The van der Waals surface area contributed by atoms with Crippen molar-refractivity contribution in [1.82, 2.24) is 5.32 Å². The van der Waals surface area contributed by atoms with Gasteiger partial charge in [0.15, 0.2) is 0 Å². The minimum Gasteiger partial charge on any atom is -0.491 e. The Kier molecular flexibility index (Phi) is 5.45. The molecule has 0 radical (unpaired) electrons. The number of hydrogen-bond acceptors (Lipinski definition) is 3. The third-order valence-corrected chi connectivity index (χ3v) is 2.40. The third-order valence-electron chi connectivity index (χ3n) is 2.40. The number of benzene rings is 1. The Labute approximate surface area is 104 Å². The zero-order valence-corrected chi connectivity index (χ0v) is 11.2. The molecule has 0 amide bonds. The van der Waals surface area contributed by atoms with Crippen LogP contribution in [0.3, 0.4) is 0 Å². The van der Waals surface area contributed by atoms with Gasteiger partial charge in [-0.3, -0.25) is 0 Å². The molecule has 1 aromatic carbocycles. The number of aliphatic hydroxyl groups is 1. The first kappa shape index (κ1) is 14.0. The lowest BCUT2D eigenvalue weighted by atomic mass is 10.1. The number of hydrogen-bond donors (Lipinski definition) is 2. The van der Waals surface area contributed by atoms with E-state index in [0.29, 0.717) is 19.2 Å². The number of nitrogens with one attached hydrogen (secondary N) is 1. The fourth-order valence-electron chi connectivity index (χ4n) is 1.64. The summed E-state index contributed by atoms with van der Waals surface area (Å²) in [5.74, 6) is 0.825. The number of ether oxygens (including phenoxy) is 1. The zero-order valence-electron chi connectivity index (χ0n) is 11.2. The molecule has 0 bridgehead atoms. The normalized spacial score (nSPS) is 12.8. The Morgan fingerprint density at radius 3 is 2.29 bits per heavy atom. The highest BCUT2D eigenvalue weighted by Gasteiger charge is 2.06. The van der Waals surface area contributed by atoms with Crippen molar-refractivity contribution in [3.05, 3.63) is 29.3 Å². The lowest BCUT2D eigenvalue weighted by molar-refractivity contribution is 0.104. The van der Waals surface area contributed by atoms with Gasteiger partial charge in [-0.2, -0.15) is 0 Å². The second-order valence-electron chi connectivity index (χ2n) is 4.85. The van der Waals surface area contributed by atoms with E-state index in [9.17, 15) is 5.11 Å². The van der Waals surface area contributed by atoms with Gasteiger partial charge in [0.25, 0.3) is 0 Å². The van der Waals surface area contributed by atoms with Crippen LogP contribution < -0.4 is 10.1 Å². The van der Waals surface area contributed by atoms with Crippen LogP contribution in [0.1, 0.15) is 25.0 Å². The summed E-state index contributed by atoms with van der Waals surface area (Å²) in [6.45, 7) is 9.06. The van der Waals surface area contributed by atoms with Gasteiger partial charge in [0.2, 0.25) is 0 Å². The Morgan fingerprint density at radius 1 is 1.18 bits per heavy atom. The summed E-state index contributed by atoms with van der Waals surface area (Å²) in [5, 5.41) is 12.9. The van der Waals surface area contributed by atoms with Crippen LogP contribution in [0.2, 0.25) is 0 Å². The van der Waals surface area contributed by atoms with Crippen LogP contribution in [0.4, 0.5) is 0 Å². The van der Waals surface area contributed by atoms with Crippen molar-refractivity contribution < 1.29 is 9.84 Å². The van der Waals surface area contributed by atoms with Crippen LogP contribution in [0, 0.1) is 13.8 Å². The summed E-state index contributed by atoms with van der Waals surface area (Å²) < 4.78 is 5.57. The van der Waals surface area contributed by atoms with Crippen molar-refractivity contribution in [2.24, 2.45) is 0 Å². The van der Waals surface area contributed by atoms with Crippen molar-refractivity contribution in [2.45, 2.75) is 39.8 Å². The topological polar surface area (TPSA) is 41.5 Å². The molecule has 0 aliphatic heterocycles. The SMILES string of the molecule is Cc1cc(C)cc(OCC(O)CNC(C)C)c1. The molecule has 3 heteroatoms. The summed E-state index contributed by atoms with van der Waals surface area (Å²) in [6.07, 6.45) is -0.474. The number of aliphatic hydroxyl groups excluding tert-OH is 1. The third kappa shape index (κ3) is 5.71. The van der Waals surface area contributed by atoms with Gasteiger partial charge in [-0.1, -0.05) is 19.9 Å². The quantitative estimate of drug-likeness (QED) is 0.795. The molecule has 0 aliphatic carbocycles. The van der Waals surface area contributed by atoms with Crippen molar-refractivity contribution in [3.8, 4) is 5.75 Å². The summed E-state index contributed by atoms with van der Waals surface area (Å²) >= 11 is 0. The largest absolute Gasteiger partial charge is 0.491 e. The Hall–Kier alpha value is -1.06. The first-order chi connectivity index (χ1) is 7.97. The van der Waals surface area contributed by atoms with E-state index < -0.39 is 6.10 Å². The van der Waals surface area contributed by atoms with E-state index in [2.05, 4.69) is 25.2 Å². The second-order valence-corrected chi connectivity index (χ2v) is 4.85. The smallest absolute Gasteiger partial charge is 0.119 e. The lowest BCUT2D eigenvalue weighted by Crippen LogP contribution is -2.35. The fourth-order valence-corrected chi connectivity index (χ4v) is 1.64. The Bertz CT molecular complexity index is 330. The molecule has 0 saturated carbocycles. The molecule has 0 aliphatic rings. The molecule has 0 heterocycles. The van der Waals surface area contributed by atoms with E-state index in [0.717, 1.165) is 5.75 Å². The average Bonchev–Trinajstić information content (AvgIpc) is 2.22. The minimum absolute atomic E-state index is 0.322. The second kappa shape index (κ2) is 6.62. The van der Waals surface area contributed by atoms with E-state index >= 15 is 0 Å². The first-order valence-corrected chi connectivity index (χ1v) is 6.10. The summed E-state index contributed by atoms with van der Waals surface area (Å²) in [5.41, 5.74) is 2.35. The monoisotopic (exact) mass is 237 g/mol. The summed E-state index contributed by atoms with van der Waals surface area (Å²) in [7, 11) is 0. The van der Waals surface area contributed by atoms with Crippen LogP contribution in [-0.4, -0.2) is 30.4 Å². The van der Waals surface area contributed by atoms with Crippen molar-refractivity contribution in [3.63, 3.8) is 0 Å². The predicted molar refractivity (Wildman–Crippen MR) is 70.6 cm³/mol. The van der Waals surface area contributed by atoms with Crippen molar-refractivity contribution in [1.29, 1.82) is 0 Å². The predicted octanol–water partition coefficient (Wildman–Crippen LogP) is 2.04. The van der Waals surface area contributed by atoms with Gasteiger partial charge < -0.3 is 15.2 Å². The van der Waals surface area contributed by atoms with E-state index in [1.165, 1.54) is 11.1 Å². The molecular formula is C14H23NO2. The van der Waals surface area contributed by atoms with Gasteiger partial charge in [-0.05, 0) is 37.1 Å². The van der Waals surface area contributed by atoms with Crippen molar-refractivity contribution >= 4 is 0 Å². The molecule has 0 aromatic heterocycles. The Balaban J connectivity index is 2.39. The molecular weight excluding hydrogens is 214 g/mol. The van der Waals surface area contributed by atoms with Crippen LogP contribution in [0.25, 0.3) is 0 Å². The highest BCUT2D eigenvalue weighted by molar-refractivity contribution is 5.32. The van der Waals surface area contributed by atoms with Crippen LogP contribution in [0.15, 0.2) is 18.2 Å². The van der Waals surface area contributed by atoms with Crippen molar-refractivity contribution in [2.75, 3.05) is 13.2 Å². The maximum atomic E-state index is 9.71. The maximum absolute atomic E-state index is 9.71. The van der Waals surface area contributed by atoms with Gasteiger partial charge in [0, 0.05) is 12.6 Å². The molecule has 96 valence electrons. The molecule has 3 nitrogen and oxygen atoms in total. The molecule has 1 aromatic rings. The molecule has 1 rings (SSSR count). The lowest BCUT2D eigenvalue weighted by Gasteiger charge is -2.15. The van der Waals surface area contributed by atoms with Gasteiger partial charge in [-0.25, -0.2) is 0 Å². The van der Waals surface area contributed by atoms with Crippen LogP contribution in [-0.2, 0) is 0 Å². The summed E-state index contributed by atoms with van der Waals surface area (Å²) in [6, 6.07) is 6.44. The molecule has 1 unspecified atom stereocenters. The zero-order chi connectivity index (χ0) is 12.8. The van der Waals surface area contributed by atoms with Gasteiger partial charge >= 0.3 is 0 Å². The van der Waals surface area contributed by atoms with E-state index in [1.807, 2.05) is 26.0 Å². The average molecular weight is 237 g/mol. The highest BCUT2D eigenvalue weighted by atomic mass is 16.5. The summed E-state index contributed by atoms with van der Waals surface area (Å²) in [4.78, 5) is 0. The minimum atomic E-state index is -0.474. The highest BCUT2D eigenvalue weighted by Crippen LogP contribution is 2.16. The first-order valence-electron chi connectivity index (χ1n) is 6.10. The Morgan fingerprint density at radius 2 is 1.76 bits per heavy atom. The molecule has 17 heavy (non-hydrogen) atoms. The fraction of sp³-hybridized carbons (Fsp3) is 0.571. The van der Waals surface area contributed by atoms with E-state index in [1.54, 1.807) is 0 Å². The number of rotatable bonds is 6. The van der Waals surface area contributed by atoms with Crippen LogP contribution in [0.5, 0.6) is 5.75 Å². The standard InChI is InChI=1S/C14H23NO2/c1-10(2)15-8-13(16)9-17-14-6-11(3)5-12(4)7-14/h5-7,10,13,15-16H,8-9H2,1-4H3. The van der Waals surface area contributed by atoms with Gasteiger partial charge in [0.1, 0.15) is 18.5 Å². The molecule has 2 N–H and O–H groups in total. The molecule has 1 atom stereocenters. The maximum Gasteiger partial charge on any atom is 0.119 e. The van der Waals surface area contributed by atoms with E-state index in [4.69, 9.17) is 4.74 Å². The number of aryl methyl sites for hydroxylation is 2. The molecule has 0 fully saturated rings. The van der Waals surface area contributed by atoms with Gasteiger partial charge in [-0.15, -0.1) is 0 Å². The van der Waals surface area contributed by atoms with Crippen LogP contribution >= 0.6 is 0 Å². The molecule has 0 spiro atoms. The van der Waals surface area contributed by atoms with E-state index in [-0.39, 0.29) is 0 Å². The van der Waals surface area contributed by atoms with Gasteiger partial charge in [0.05, 0.1) is 0 Å².